The van der Waals surface area contributed by atoms with E-state index in [2.05, 4.69) is 20.6 Å². The standard InChI is InChI=1S/C12H13F3N4O/c1-2-16-11-18-9(12(13,14)15)5-10(19-11)17-6-8-3-4-20-7-8/h3-5,7H,2,6H2,1H3,(H2,16,17,18,19). The van der Waals surface area contributed by atoms with Crippen molar-refractivity contribution in [3.63, 3.8) is 0 Å². The van der Waals surface area contributed by atoms with Gasteiger partial charge in [-0.25, -0.2) is 4.98 Å². The third-order valence-electron chi connectivity index (χ3n) is 2.41. The number of nitrogens with one attached hydrogen (secondary N) is 2. The van der Waals surface area contributed by atoms with E-state index in [0.29, 0.717) is 13.1 Å². The fourth-order valence-electron chi connectivity index (χ4n) is 1.51. The first-order valence-electron chi connectivity index (χ1n) is 5.94. The van der Waals surface area contributed by atoms with Crippen molar-refractivity contribution in [1.29, 1.82) is 0 Å². The molecule has 2 rings (SSSR count). The Morgan fingerprint density at radius 1 is 1.25 bits per heavy atom. The molecule has 0 aliphatic heterocycles. The Kier molecular flexibility index (Phi) is 4.11. The lowest BCUT2D eigenvalue weighted by molar-refractivity contribution is -0.141. The lowest BCUT2D eigenvalue weighted by Crippen LogP contribution is -2.14. The molecule has 0 unspecified atom stereocenters. The molecule has 0 aliphatic carbocycles. The Labute approximate surface area is 113 Å². The first-order chi connectivity index (χ1) is 9.49. The second-order valence-corrected chi connectivity index (χ2v) is 3.98. The van der Waals surface area contributed by atoms with Crippen molar-refractivity contribution in [2.24, 2.45) is 0 Å². The van der Waals surface area contributed by atoms with Gasteiger partial charge in [-0.3, -0.25) is 0 Å². The summed E-state index contributed by atoms with van der Waals surface area (Å²) >= 11 is 0. The van der Waals surface area contributed by atoms with E-state index in [1.54, 1.807) is 13.0 Å². The van der Waals surface area contributed by atoms with Crippen molar-refractivity contribution in [2.75, 3.05) is 17.2 Å². The summed E-state index contributed by atoms with van der Waals surface area (Å²) < 4.78 is 43.1. The summed E-state index contributed by atoms with van der Waals surface area (Å²) in [4.78, 5) is 7.41. The summed E-state index contributed by atoms with van der Waals surface area (Å²) in [5.41, 5.74) is -0.180. The van der Waals surface area contributed by atoms with Crippen LogP contribution in [-0.4, -0.2) is 16.5 Å². The van der Waals surface area contributed by atoms with Gasteiger partial charge in [-0.05, 0) is 13.0 Å². The van der Waals surface area contributed by atoms with Crippen LogP contribution < -0.4 is 10.6 Å². The van der Waals surface area contributed by atoms with Crippen LogP contribution in [0.3, 0.4) is 0 Å². The predicted molar refractivity (Wildman–Crippen MR) is 67.2 cm³/mol. The van der Waals surface area contributed by atoms with Crippen molar-refractivity contribution < 1.29 is 17.6 Å². The summed E-state index contributed by atoms with van der Waals surface area (Å²) in [5.74, 6) is 0.0430. The molecule has 0 atom stereocenters. The molecule has 0 spiro atoms. The van der Waals surface area contributed by atoms with Crippen LogP contribution in [0.15, 0.2) is 29.1 Å². The zero-order chi connectivity index (χ0) is 14.6. The lowest BCUT2D eigenvalue weighted by atomic mass is 10.3. The van der Waals surface area contributed by atoms with E-state index in [9.17, 15) is 13.2 Å². The number of hydrogen-bond donors (Lipinski definition) is 2. The average Bonchev–Trinajstić information content (AvgIpc) is 2.88. The topological polar surface area (TPSA) is 63.0 Å². The molecule has 20 heavy (non-hydrogen) atoms. The largest absolute Gasteiger partial charge is 0.472 e. The Bertz CT molecular complexity index is 554. The highest BCUT2D eigenvalue weighted by molar-refractivity contribution is 5.43. The maximum absolute atomic E-state index is 12.7. The Hall–Kier alpha value is -2.25. The maximum atomic E-state index is 12.7. The highest BCUT2D eigenvalue weighted by Gasteiger charge is 2.33. The van der Waals surface area contributed by atoms with Crippen LogP contribution in [-0.2, 0) is 12.7 Å². The fourth-order valence-corrected chi connectivity index (χ4v) is 1.51. The van der Waals surface area contributed by atoms with Crippen LogP contribution in [0.1, 0.15) is 18.2 Å². The minimum Gasteiger partial charge on any atom is -0.472 e. The van der Waals surface area contributed by atoms with Gasteiger partial charge in [-0.2, -0.15) is 18.2 Å². The summed E-state index contributed by atoms with van der Waals surface area (Å²) in [6.07, 6.45) is -1.52. The quantitative estimate of drug-likeness (QED) is 0.884. The van der Waals surface area contributed by atoms with Gasteiger partial charge < -0.3 is 15.1 Å². The molecular formula is C12H13F3N4O. The summed E-state index contributed by atoms with van der Waals surface area (Å²) in [6, 6.07) is 2.59. The molecule has 0 bridgehead atoms. The Balaban J connectivity index is 2.20. The zero-order valence-corrected chi connectivity index (χ0v) is 10.7. The third-order valence-corrected chi connectivity index (χ3v) is 2.41. The number of rotatable bonds is 5. The minimum atomic E-state index is -4.51. The molecule has 0 saturated carbocycles. The van der Waals surface area contributed by atoms with Crippen molar-refractivity contribution >= 4 is 11.8 Å². The molecule has 5 nitrogen and oxygen atoms in total. The average molecular weight is 286 g/mol. The number of halogens is 3. The molecule has 2 aromatic rings. The molecule has 0 fully saturated rings. The Morgan fingerprint density at radius 3 is 2.65 bits per heavy atom. The van der Waals surface area contributed by atoms with Crippen LogP contribution in [0.4, 0.5) is 24.9 Å². The molecule has 108 valence electrons. The summed E-state index contributed by atoms with van der Waals surface area (Å²) in [5, 5.41) is 5.48. The highest BCUT2D eigenvalue weighted by atomic mass is 19.4. The van der Waals surface area contributed by atoms with Crippen LogP contribution in [0.5, 0.6) is 0 Å². The van der Waals surface area contributed by atoms with Gasteiger partial charge >= 0.3 is 6.18 Å². The van der Waals surface area contributed by atoms with Crippen LogP contribution in [0, 0.1) is 0 Å². The fraction of sp³-hybridized carbons (Fsp3) is 0.333. The van der Waals surface area contributed by atoms with Gasteiger partial charge in [0.15, 0.2) is 5.69 Å². The van der Waals surface area contributed by atoms with Gasteiger partial charge in [0.25, 0.3) is 0 Å². The van der Waals surface area contributed by atoms with Crippen LogP contribution in [0.25, 0.3) is 0 Å². The lowest BCUT2D eigenvalue weighted by Gasteiger charge is -2.11. The third kappa shape index (κ3) is 3.62. The molecule has 0 radical (unpaired) electrons. The molecule has 0 amide bonds. The van der Waals surface area contributed by atoms with E-state index in [1.807, 2.05) is 0 Å². The smallest absolute Gasteiger partial charge is 0.433 e. The van der Waals surface area contributed by atoms with E-state index >= 15 is 0 Å². The highest BCUT2D eigenvalue weighted by Crippen LogP contribution is 2.29. The van der Waals surface area contributed by atoms with E-state index in [-0.39, 0.29) is 11.8 Å². The molecule has 0 saturated heterocycles. The maximum Gasteiger partial charge on any atom is 0.433 e. The number of nitrogens with zero attached hydrogens (tertiary/aromatic N) is 2. The monoisotopic (exact) mass is 286 g/mol. The number of alkyl halides is 3. The number of furan rings is 1. The normalized spacial score (nSPS) is 11.4. The number of aromatic nitrogens is 2. The van der Waals surface area contributed by atoms with Crippen molar-refractivity contribution in [3.05, 3.63) is 35.9 Å². The van der Waals surface area contributed by atoms with Crippen molar-refractivity contribution in [1.82, 2.24) is 9.97 Å². The first-order valence-corrected chi connectivity index (χ1v) is 5.94. The second kappa shape index (κ2) is 5.81. The SMILES string of the molecule is CCNc1nc(NCc2ccoc2)cc(C(F)(F)F)n1. The molecule has 2 aromatic heterocycles. The molecule has 0 aromatic carbocycles. The van der Waals surface area contributed by atoms with Crippen molar-refractivity contribution in [3.8, 4) is 0 Å². The molecule has 2 heterocycles. The minimum absolute atomic E-state index is 0.0583. The van der Waals surface area contributed by atoms with E-state index in [1.165, 1.54) is 12.5 Å². The van der Waals surface area contributed by atoms with Crippen LogP contribution >= 0.6 is 0 Å². The van der Waals surface area contributed by atoms with E-state index < -0.39 is 11.9 Å². The van der Waals surface area contributed by atoms with Gasteiger partial charge in [0.1, 0.15) is 5.82 Å². The zero-order valence-electron chi connectivity index (χ0n) is 10.7. The van der Waals surface area contributed by atoms with Crippen LogP contribution in [0.2, 0.25) is 0 Å². The van der Waals surface area contributed by atoms with Gasteiger partial charge in [-0.15, -0.1) is 0 Å². The van der Waals surface area contributed by atoms with E-state index in [4.69, 9.17) is 4.42 Å². The van der Waals surface area contributed by atoms with Gasteiger partial charge in [0.2, 0.25) is 5.95 Å². The second-order valence-electron chi connectivity index (χ2n) is 3.98. The molecule has 2 N–H and O–H groups in total. The first kappa shape index (κ1) is 14.2. The molecule has 0 aliphatic rings. The molecular weight excluding hydrogens is 273 g/mol. The predicted octanol–water partition coefficient (Wildman–Crippen LogP) is 3.13. The van der Waals surface area contributed by atoms with Gasteiger partial charge in [0.05, 0.1) is 12.5 Å². The summed E-state index contributed by atoms with van der Waals surface area (Å²) in [6.45, 7) is 2.50. The number of hydrogen-bond acceptors (Lipinski definition) is 5. The Morgan fingerprint density at radius 2 is 2.05 bits per heavy atom. The van der Waals surface area contributed by atoms with Gasteiger partial charge in [0, 0.05) is 24.7 Å². The molecule has 8 heteroatoms. The van der Waals surface area contributed by atoms with E-state index in [0.717, 1.165) is 11.6 Å². The number of anilines is 2. The van der Waals surface area contributed by atoms with Crippen molar-refractivity contribution in [2.45, 2.75) is 19.6 Å². The summed E-state index contributed by atoms with van der Waals surface area (Å²) in [7, 11) is 0. The van der Waals surface area contributed by atoms with Gasteiger partial charge in [-0.1, -0.05) is 0 Å².